The summed E-state index contributed by atoms with van der Waals surface area (Å²) in [5.41, 5.74) is 0.507. The minimum atomic E-state index is -3.19. The van der Waals surface area contributed by atoms with Crippen molar-refractivity contribution in [3.05, 3.63) is 29.8 Å². The molecule has 0 aromatic heterocycles. The van der Waals surface area contributed by atoms with Gasteiger partial charge in [-0.05, 0) is 17.7 Å². The number of aliphatic hydroxyl groups is 2. The highest BCUT2D eigenvalue weighted by Crippen LogP contribution is 2.16. The first-order valence-corrected chi connectivity index (χ1v) is 6.28. The SMILES string of the molecule is CCS(=O)(=O)c1ccc(C(O)CO)cc1. The van der Waals surface area contributed by atoms with Crippen molar-refractivity contribution in [2.45, 2.75) is 17.9 Å². The van der Waals surface area contributed by atoms with E-state index in [1.807, 2.05) is 0 Å². The number of hydrogen-bond donors (Lipinski definition) is 2. The minimum Gasteiger partial charge on any atom is -0.393 e. The van der Waals surface area contributed by atoms with Crippen LogP contribution in [0.5, 0.6) is 0 Å². The molecule has 2 N–H and O–H groups in total. The van der Waals surface area contributed by atoms with Crippen molar-refractivity contribution in [2.75, 3.05) is 12.4 Å². The van der Waals surface area contributed by atoms with Crippen LogP contribution in [0.2, 0.25) is 0 Å². The Balaban J connectivity index is 3.00. The first-order chi connectivity index (χ1) is 7.01. The van der Waals surface area contributed by atoms with E-state index in [-0.39, 0.29) is 17.3 Å². The van der Waals surface area contributed by atoms with Gasteiger partial charge in [0.1, 0.15) is 6.10 Å². The van der Waals surface area contributed by atoms with E-state index in [2.05, 4.69) is 0 Å². The van der Waals surface area contributed by atoms with Gasteiger partial charge in [0.25, 0.3) is 0 Å². The maximum Gasteiger partial charge on any atom is 0.178 e. The number of hydrogen-bond acceptors (Lipinski definition) is 4. The van der Waals surface area contributed by atoms with Crippen LogP contribution in [0.3, 0.4) is 0 Å². The Kier molecular flexibility index (Phi) is 3.84. The second-order valence-corrected chi connectivity index (χ2v) is 5.45. The summed E-state index contributed by atoms with van der Waals surface area (Å²) in [7, 11) is -3.19. The molecule has 1 unspecified atom stereocenters. The summed E-state index contributed by atoms with van der Waals surface area (Å²) in [4.78, 5) is 0.235. The van der Waals surface area contributed by atoms with E-state index >= 15 is 0 Å². The Morgan fingerprint density at radius 2 is 1.80 bits per heavy atom. The molecule has 1 rings (SSSR count). The third-order valence-corrected chi connectivity index (χ3v) is 3.93. The number of rotatable bonds is 4. The molecule has 0 fully saturated rings. The van der Waals surface area contributed by atoms with E-state index in [1.54, 1.807) is 6.92 Å². The summed E-state index contributed by atoms with van der Waals surface area (Å²) >= 11 is 0. The van der Waals surface area contributed by atoms with Crippen LogP contribution in [0.4, 0.5) is 0 Å². The van der Waals surface area contributed by atoms with Gasteiger partial charge in [-0.15, -0.1) is 0 Å². The zero-order chi connectivity index (χ0) is 11.5. The topological polar surface area (TPSA) is 74.6 Å². The molecule has 84 valence electrons. The fourth-order valence-corrected chi connectivity index (χ4v) is 2.05. The summed E-state index contributed by atoms with van der Waals surface area (Å²) in [5, 5.41) is 18.0. The molecule has 1 aromatic rings. The van der Waals surface area contributed by atoms with Gasteiger partial charge in [0.2, 0.25) is 0 Å². The van der Waals surface area contributed by atoms with Crippen molar-refractivity contribution in [2.24, 2.45) is 0 Å². The molecule has 15 heavy (non-hydrogen) atoms. The van der Waals surface area contributed by atoms with Crippen molar-refractivity contribution in [1.82, 2.24) is 0 Å². The van der Waals surface area contributed by atoms with Crippen LogP contribution in [0.15, 0.2) is 29.2 Å². The molecule has 5 heteroatoms. The standard InChI is InChI=1S/C10H14O4S/c1-2-15(13,14)9-5-3-8(4-6-9)10(12)7-11/h3-6,10-12H,2,7H2,1H3. The molecular formula is C10H14O4S. The van der Waals surface area contributed by atoms with Crippen LogP contribution in [0.25, 0.3) is 0 Å². The van der Waals surface area contributed by atoms with Gasteiger partial charge in [0, 0.05) is 0 Å². The number of aliphatic hydroxyl groups excluding tert-OH is 2. The summed E-state index contributed by atoms with van der Waals surface area (Å²) in [6.07, 6.45) is -0.955. The predicted molar refractivity (Wildman–Crippen MR) is 56.2 cm³/mol. The molecule has 4 nitrogen and oxygen atoms in total. The highest BCUT2D eigenvalue weighted by atomic mass is 32.2. The first-order valence-electron chi connectivity index (χ1n) is 4.63. The number of benzene rings is 1. The lowest BCUT2D eigenvalue weighted by Gasteiger charge is -2.08. The molecular weight excluding hydrogens is 216 g/mol. The molecule has 0 heterocycles. The molecule has 0 amide bonds. The Hall–Kier alpha value is -0.910. The number of sulfone groups is 1. The minimum absolute atomic E-state index is 0.0505. The van der Waals surface area contributed by atoms with Gasteiger partial charge < -0.3 is 10.2 Å². The fourth-order valence-electron chi connectivity index (χ4n) is 1.17. The van der Waals surface area contributed by atoms with Crippen molar-refractivity contribution >= 4 is 9.84 Å². The molecule has 0 aliphatic carbocycles. The smallest absolute Gasteiger partial charge is 0.178 e. The molecule has 0 aliphatic heterocycles. The van der Waals surface area contributed by atoms with Gasteiger partial charge in [-0.3, -0.25) is 0 Å². The molecule has 0 spiro atoms. The van der Waals surface area contributed by atoms with E-state index < -0.39 is 15.9 Å². The molecule has 0 aliphatic rings. The lowest BCUT2D eigenvalue weighted by atomic mass is 10.1. The zero-order valence-corrected chi connectivity index (χ0v) is 9.24. The Bertz CT molecular complexity index is 408. The fraction of sp³-hybridized carbons (Fsp3) is 0.400. The molecule has 0 saturated carbocycles. The molecule has 0 radical (unpaired) electrons. The van der Waals surface area contributed by atoms with Gasteiger partial charge in [-0.25, -0.2) is 8.42 Å². The lowest BCUT2D eigenvalue weighted by molar-refractivity contribution is 0.0956. The van der Waals surface area contributed by atoms with Gasteiger partial charge >= 0.3 is 0 Å². The summed E-state index contributed by atoms with van der Waals surface area (Å²) in [6, 6.07) is 5.88. The Labute approximate surface area is 89.1 Å². The second-order valence-electron chi connectivity index (χ2n) is 3.17. The maximum atomic E-state index is 11.4. The Morgan fingerprint density at radius 1 is 1.27 bits per heavy atom. The van der Waals surface area contributed by atoms with E-state index in [9.17, 15) is 13.5 Å². The summed E-state index contributed by atoms with van der Waals surface area (Å²) in [6.45, 7) is 1.20. The van der Waals surface area contributed by atoms with Gasteiger partial charge in [0.15, 0.2) is 9.84 Å². The van der Waals surface area contributed by atoms with Crippen LogP contribution in [-0.4, -0.2) is 31.0 Å². The average Bonchev–Trinajstić information content (AvgIpc) is 2.28. The molecule has 1 aromatic carbocycles. The second kappa shape index (κ2) is 4.74. The van der Waals surface area contributed by atoms with E-state index in [4.69, 9.17) is 5.11 Å². The highest BCUT2D eigenvalue weighted by Gasteiger charge is 2.12. The predicted octanol–water partition coefficient (Wildman–Crippen LogP) is 0.506. The lowest BCUT2D eigenvalue weighted by Crippen LogP contribution is -2.05. The van der Waals surface area contributed by atoms with Crippen molar-refractivity contribution in [3.8, 4) is 0 Å². The van der Waals surface area contributed by atoms with Crippen molar-refractivity contribution < 1.29 is 18.6 Å². The molecule has 1 atom stereocenters. The molecule has 0 saturated heterocycles. The highest BCUT2D eigenvalue weighted by molar-refractivity contribution is 7.91. The summed E-state index contributed by atoms with van der Waals surface area (Å²) in [5.74, 6) is 0.0505. The quantitative estimate of drug-likeness (QED) is 0.790. The van der Waals surface area contributed by atoms with E-state index in [0.717, 1.165) is 0 Å². The third-order valence-electron chi connectivity index (χ3n) is 2.18. The maximum absolute atomic E-state index is 11.4. The average molecular weight is 230 g/mol. The molecule has 0 bridgehead atoms. The monoisotopic (exact) mass is 230 g/mol. The Morgan fingerprint density at radius 3 is 2.20 bits per heavy atom. The van der Waals surface area contributed by atoms with Gasteiger partial charge in [-0.1, -0.05) is 19.1 Å². The van der Waals surface area contributed by atoms with Crippen LogP contribution >= 0.6 is 0 Å². The van der Waals surface area contributed by atoms with Crippen LogP contribution < -0.4 is 0 Å². The van der Waals surface area contributed by atoms with Gasteiger partial charge in [0.05, 0.1) is 17.3 Å². The van der Waals surface area contributed by atoms with Crippen molar-refractivity contribution in [1.29, 1.82) is 0 Å². The summed E-state index contributed by atoms with van der Waals surface area (Å²) < 4.78 is 22.9. The normalized spacial score (nSPS) is 13.8. The van der Waals surface area contributed by atoms with Crippen LogP contribution in [0, 0.1) is 0 Å². The third kappa shape index (κ3) is 2.77. The van der Waals surface area contributed by atoms with Crippen LogP contribution in [0.1, 0.15) is 18.6 Å². The van der Waals surface area contributed by atoms with Gasteiger partial charge in [-0.2, -0.15) is 0 Å². The largest absolute Gasteiger partial charge is 0.393 e. The zero-order valence-electron chi connectivity index (χ0n) is 8.42. The first kappa shape index (κ1) is 12.2. The van der Waals surface area contributed by atoms with E-state index in [1.165, 1.54) is 24.3 Å². The van der Waals surface area contributed by atoms with Crippen molar-refractivity contribution in [3.63, 3.8) is 0 Å². The van der Waals surface area contributed by atoms with Crippen LogP contribution in [-0.2, 0) is 9.84 Å². The van der Waals surface area contributed by atoms with E-state index in [0.29, 0.717) is 5.56 Å².